The van der Waals surface area contributed by atoms with Crippen LogP contribution in [-0.4, -0.2) is 118 Å². The molecule has 0 aliphatic carbocycles. The molecule has 7 aromatic carbocycles. The van der Waals surface area contributed by atoms with Gasteiger partial charge in [-0.15, -0.1) is 0 Å². The predicted octanol–water partition coefficient (Wildman–Crippen LogP) is 14.4. The lowest BCUT2D eigenvalue weighted by atomic mass is 9.96. The van der Waals surface area contributed by atoms with Gasteiger partial charge in [-0.25, -0.2) is 0 Å². The Kier molecular flexibility index (Phi) is 36.1. The summed E-state index contributed by atoms with van der Waals surface area (Å²) in [6.45, 7) is 0. The fraction of sp³-hybridized carbons (Fsp3) is 0.253. The summed E-state index contributed by atoms with van der Waals surface area (Å²) < 4.78 is 43.2. The van der Waals surface area contributed by atoms with Gasteiger partial charge in [-0.3, -0.25) is 33.6 Å². The van der Waals surface area contributed by atoms with Crippen molar-refractivity contribution < 1.29 is 81.7 Å². The third kappa shape index (κ3) is 24.9. The number of nitriles is 1. The van der Waals surface area contributed by atoms with E-state index in [1.807, 2.05) is 103 Å². The molecule has 3 atom stereocenters. The van der Waals surface area contributed by atoms with E-state index < -0.39 is 11.9 Å². The summed E-state index contributed by atoms with van der Waals surface area (Å²) in [7, 11) is 16.9. The minimum absolute atomic E-state index is 0. The zero-order valence-corrected chi connectivity index (χ0v) is 62.6. The minimum atomic E-state index is -0.864. The van der Waals surface area contributed by atoms with Gasteiger partial charge >= 0.3 is 11.9 Å². The van der Waals surface area contributed by atoms with Gasteiger partial charge in [0.25, 0.3) is 0 Å². The number of ketones is 3. The van der Waals surface area contributed by atoms with Gasteiger partial charge in [0.2, 0.25) is 11.8 Å². The minimum Gasteiger partial charge on any atom is -0.493 e. The quantitative estimate of drug-likeness (QED) is 0.0635. The Hall–Kier alpha value is -9.18. The summed E-state index contributed by atoms with van der Waals surface area (Å²) >= 11 is 5.89. The Labute approximate surface area is 627 Å². The van der Waals surface area contributed by atoms with Crippen LogP contribution in [0.25, 0.3) is 0 Å². The number of aliphatic carboxylic acids is 2. The number of nitrogens with one attached hydrogen (secondary N) is 1. The highest BCUT2D eigenvalue weighted by molar-refractivity contribution is 14.1. The standard InChI is InChI=1S/C22H20N2O4.C21H20INO4.C11H11NO.C10H11IO4.C10H12O4.CH4.ClI/c1-27-20-10-16(17(14-23)11-21(20)28-2)12-22(26)24-9-8-18(25)13-19(24)15-6-4-3-5-7-15;1-26-19-10-15(17(22)13-20(19)27-2)11-21(25)23-9-8-16(24)12-18(23)14-6-4-3-5-7-14;13-10-6-7-12-11(8-10)9-4-2-1-3-5-9;1-14-8-3-6(4-10(12)13)7(11)5-9(8)15-2;1-13-8-4-3-7(6-10(11)12)5-9(8)14-2;;1-2/h3-11,19H,12-13H2,1-2H3;3-10,13,18H,11-12H2,1-2H3;1-7,11-12H,8H2;3,5H,4H2,1-2H3,(H,12,13);3-5H,6H2,1-2H3,(H,11,12);1H4;. The van der Waals surface area contributed by atoms with E-state index in [0.717, 1.165) is 29.4 Å². The number of carboxylic acid groups (broad SMARTS) is 2. The molecule has 3 N–H and O–H groups in total. The van der Waals surface area contributed by atoms with Crippen molar-refractivity contribution in [3.05, 3.63) is 234 Å². The number of nitrogens with zero attached hydrogens (tertiary/aromatic N) is 3. The van der Waals surface area contributed by atoms with Gasteiger partial charge in [-0.1, -0.05) is 104 Å². The number of methoxy groups -OCH3 is 8. The van der Waals surface area contributed by atoms with Crippen LogP contribution in [0.2, 0.25) is 0 Å². The fourth-order valence-electron chi connectivity index (χ4n) is 10.2. The number of carbonyl (C=O) groups is 7. The first-order chi connectivity index (χ1) is 47.7. The molecular formula is C75H78ClI3N4O17. The highest BCUT2D eigenvalue weighted by atomic mass is 127. The van der Waals surface area contributed by atoms with E-state index in [2.05, 4.69) is 65.5 Å². The first-order valence-electron chi connectivity index (χ1n) is 30.1. The number of allylic oxidation sites excluding steroid dienone is 3. The van der Waals surface area contributed by atoms with Crippen LogP contribution >= 0.6 is 75.6 Å². The van der Waals surface area contributed by atoms with Crippen molar-refractivity contribution >= 4 is 117 Å². The van der Waals surface area contributed by atoms with Crippen LogP contribution in [0.15, 0.2) is 182 Å². The van der Waals surface area contributed by atoms with E-state index in [4.69, 9.17) is 48.1 Å². The number of rotatable bonds is 19. The molecule has 528 valence electrons. The largest absolute Gasteiger partial charge is 0.493 e. The predicted molar refractivity (Wildman–Crippen MR) is 406 cm³/mol. The summed E-state index contributed by atoms with van der Waals surface area (Å²) in [5, 5.41) is 29.9. The maximum absolute atomic E-state index is 13.1. The van der Waals surface area contributed by atoms with E-state index >= 15 is 0 Å². The number of hydrogen-bond acceptors (Lipinski definition) is 17. The molecule has 10 rings (SSSR count). The van der Waals surface area contributed by atoms with Gasteiger partial charge in [-0.05, 0) is 154 Å². The number of ether oxygens (including phenoxy) is 8. The van der Waals surface area contributed by atoms with Gasteiger partial charge in [0.1, 0.15) is 0 Å². The van der Waals surface area contributed by atoms with Gasteiger partial charge in [0, 0.05) is 72.5 Å². The summed E-state index contributed by atoms with van der Waals surface area (Å²) in [4.78, 5) is 85.4. The van der Waals surface area contributed by atoms with E-state index in [-0.39, 0.29) is 93.2 Å². The highest BCUT2D eigenvalue weighted by Gasteiger charge is 2.31. The third-order valence-electron chi connectivity index (χ3n) is 15.1. The Balaban J connectivity index is 0.000000273. The zero-order valence-electron chi connectivity index (χ0n) is 55.4. The molecule has 100 heavy (non-hydrogen) atoms. The molecule has 3 unspecified atom stereocenters. The molecule has 0 bridgehead atoms. The van der Waals surface area contributed by atoms with Gasteiger partial charge in [0.15, 0.2) is 63.3 Å². The molecule has 0 fully saturated rings. The van der Waals surface area contributed by atoms with Gasteiger partial charge in [0.05, 0.1) is 112 Å². The number of carbonyl (C=O) groups excluding carboxylic acids is 5. The van der Waals surface area contributed by atoms with Crippen LogP contribution in [0.4, 0.5) is 0 Å². The Morgan fingerprint density at radius 1 is 0.470 bits per heavy atom. The first kappa shape index (κ1) is 83.2. The summed E-state index contributed by atoms with van der Waals surface area (Å²) in [6.07, 6.45) is 10.6. The highest BCUT2D eigenvalue weighted by Crippen LogP contribution is 2.37. The maximum Gasteiger partial charge on any atom is 0.307 e. The molecule has 2 amide bonds. The topological polar surface area (TPSA) is 276 Å². The number of amides is 2. The van der Waals surface area contributed by atoms with E-state index in [0.29, 0.717) is 69.1 Å². The Bertz CT molecular complexity index is 4040. The molecule has 3 heterocycles. The van der Waals surface area contributed by atoms with Gasteiger partial charge < -0.3 is 63.2 Å². The summed E-state index contributed by atoms with van der Waals surface area (Å²) in [6, 6.07) is 46.1. The third-order valence-corrected chi connectivity index (χ3v) is 17.1. The zero-order chi connectivity index (χ0) is 72.6. The second-order valence-corrected chi connectivity index (χ2v) is 23.6. The van der Waals surface area contributed by atoms with E-state index in [1.165, 1.54) is 59.5 Å². The van der Waals surface area contributed by atoms with Crippen molar-refractivity contribution in [1.82, 2.24) is 15.1 Å². The van der Waals surface area contributed by atoms with Crippen molar-refractivity contribution in [2.75, 3.05) is 56.9 Å². The number of halogens is 4. The van der Waals surface area contributed by atoms with Crippen molar-refractivity contribution in [2.24, 2.45) is 0 Å². The Morgan fingerprint density at radius 2 is 0.830 bits per heavy atom. The number of carboxylic acids is 2. The second kappa shape index (κ2) is 43.4. The molecule has 21 nitrogen and oxygen atoms in total. The molecule has 3 aliphatic heterocycles. The first-order valence-corrected chi connectivity index (χ1v) is 35.0. The van der Waals surface area contributed by atoms with Crippen LogP contribution < -0.4 is 43.2 Å². The van der Waals surface area contributed by atoms with Crippen LogP contribution in [0, 0.1) is 18.5 Å². The summed E-state index contributed by atoms with van der Waals surface area (Å²) in [5.41, 5.74) is 6.17. The number of hydrogen-bond donors (Lipinski definition) is 3. The fourth-order valence-corrected chi connectivity index (χ4v) is 11.5. The average Bonchev–Trinajstić information content (AvgIpc) is 0.800. The molecular weight excluding hydrogens is 1650 g/mol. The van der Waals surface area contributed by atoms with Crippen molar-refractivity contribution in [3.63, 3.8) is 0 Å². The van der Waals surface area contributed by atoms with Crippen molar-refractivity contribution in [3.8, 4) is 52.1 Å². The van der Waals surface area contributed by atoms with Crippen LogP contribution in [0.1, 0.15) is 89.3 Å². The molecule has 25 heteroatoms. The smallest absolute Gasteiger partial charge is 0.307 e. The molecule has 0 spiro atoms. The van der Waals surface area contributed by atoms with Crippen LogP contribution in [-0.2, 0) is 59.2 Å². The monoisotopic (exact) mass is 1720 g/mol. The lowest BCUT2D eigenvalue weighted by Gasteiger charge is -2.31. The number of benzene rings is 7. The maximum atomic E-state index is 13.1. The van der Waals surface area contributed by atoms with Gasteiger partial charge in [-0.2, -0.15) is 5.26 Å². The lowest BCUT2D eigenvalue weighted by molar-refractivity contribution is -0.137. The van der Waals surface area contributed by atoms with E-state index in [1.54, 1.807) is 114 Å². The molecule has 0 saturated carbocycles. The van der Waals surface area contributed by atoms with Crippen molar-refractivity contribution in [1.29, 1.82) is 5.26 Å². The molecule has 0 saturated heterocycles. The van der Waals surface area contributed by atoms with Crippen LogP contribution in [0.3, 0.4) is 0 Å². The average molecular weight is 1720 g/mol. The molecule has 0 radical (unpaired) electrons. The van der Waals surface area contributed by atoms with Crippen LogP contribution in [0.5, 0.6) is 46.0 Å². The SMILES string of the molecule is C.COc1cc(C#N)c(CC(=O)N2C=CC(=O)CC2c2ccccc2)cc1OC.COc1cc(I)c(CC(=O)N2C=CC(=O)CC2c2ccccc2)cc1OC.COc1cc(I)c(CC(=O)O)cc1OC.COc1ccc(CC(=O)O)cc1OC.ClI.O=C1C=CNC(c2ccccc2)C1. The molecule has 7 aromatic rings. The summed E-state index contributed by atoms with van der Waals surface area (Å²) in [5.74, 6) is 2.58. The molecule has 3 aliphatic rings. The van der Waals surface area contributed by atoms with Crippen molar-refractivity contribution in [2.45, 2.75) is 70.5 Å². The molecule has 0 aromatic heterocycles. The second-order valence-electron chi connectivity index (χ2n) is 21.3. The Morgan fingerprint density at radius 3 is 1.23 bits per heavy atom. The lowest BCUT2D eigenvalue weighted by Crippen LogP contribution is -2.35. The van der Waals surface area contributed by atoms with E-state index in [9.17, 15) is 38.8 Å². The normalized spacial score (nSPS) is 14.5.